The van der Waals surface area contributed by atoms with Gasteiger partial charge in [-0.25, -0.2) is 9.69 Å². The summed E-state index contributed by atoms with van der Waals surface area (Å²) in [7, 11) is 0. The van der Waals surface area contributed by atoms with E-state index in [0.717, 1.165) is 16.0 Å². The van der Waals surface area contributed by atoms with Crippen molar-refractivity contribution >= 4 is 35.2 Å². The van der Waals surface area contributed by atoms with Gasteiger partial charge in [0.25, 0.3) is 5.91 Å². The fourth-order valence-electron chi connectivity index (χ4n) is 5.43. The Morgan fingerprint density at radius 3 is 2.62 bits per heavy atom. The minimum absolute atomic E-state index is 0.183. The molecule has 8 heteroatoms. The molecule has 4 atom stereocenters. The Morgan fingerprint density at radius 1 is 1.22 bits per heavy atom. The summed E-state index contributed by atoms with van der Waals surface area (Å²) in [5, 5.41) is 0.498. The van der Waals surface area contributed by atoms with Crippen LogP contribution in [-0.4, -0.2) is 41.6 Å². The van der Waals surface area contributed by atoms with Crippen LogP contribution in [-0.2, 0) is 14.3 Å². The van der Waals surface area contributed by atoms with Crippen LogP contribution in [0, 0.1) is 18.8 Å². The van der Waals surface area contributed by atoms with E-state index in [9.17, 15) is 14.4 Å². The smallest absolute Gasteiger partial charge is 0.332 e. The number of rotatable bonds is 3. The number of imide groups is 1. The van der Waals surface area contributed by atoms with Crippen molar-refractivity contribution in [3.8, 4) is 5.75 Å². The molecule has 2 aromatic carbocycles. The molecule has 0 aliphatic carbocycles. The fourth-order valence-corrected chi connectivity index (χ4v) is 5.56. The number of halogens is 1. The van der Waals surface area contributed by atoms with E-state index in [0.29, 0.717) is 16.5 Å². The van der Waals surface area contributed by atoms with Gasteiger partial charge < -0.3 is 14.4 Å². The Labute approximate surface area is 190 Å². The first-order valence-corrected chi connectivity index (χ1v) is 11.0. The Bertz CT molecular complexity index is 1130. The number of nitrogens with zero attached hydrogens (tertiary/aromatic N) is 2. The average Bonchev–Trinajstić information content (AvgIpc) is 3.14. The first-order chi connectivity index (χ1) is 15.3. The van der Waals surface area contributed by atoms with Crippen LogP contribution < -0.4 is 9.64 Å². The lowest BCUT2D eigenvalue weighted by Crippen LogP contribution is -2.51. The van der Waals surface area contributed by atoms with Gasteiger partial charge in [-0.1, -0.05) is 29.3 Å². The number of hydrogen-bond donors (Lipinski definition) is 0. The minimum Gasteiger partial charge on any atom is -0.493 e. The predicted octanol–water partition coefficient (Wildman–Crippen LogP) is 4.12. The normalized spacial score (nSPS) is 28.2. The highest BCUT2D eigenvalue weighted by molar-refractivity contribution is 6.31. The summed E-state index contributed by atoms with van der Waals surface area (Å²) in [5.74, 6) is -1.53. The molecule has 2 fully saturated rings. The third-order valence-electron chi connectivity index (χ3n) is 6.79. The van der Waals surface area contributed by atoms with E-state index in [1.54, 1.807) is 43.0 Å². The third kappa shape index (κ3) is 2.70. The quantitative estimate of drug-likeness (QED) is 0.515. The van der Waals surface area contributed by atoms with Crippen molar-refractivity contribution in [1.82, 2.24) is 4.90 Å². The number of ether oxygens (including phenoxy) is 2. The SMILES string of the molecule is CCOC(=O)[C@@H]1[C@H]2COc3ccc(C)cc3[C@H]2N2C(=O)N(c3ccc(Cl)cc3)C(=O)[C@@]12C. The Kier molecular flexibility index (Phi) is 4.71. The van der Waals surface area contributed by atoms with Crippen LogP contribution in [0.4, 0.5) is 10.5 Å². The molecular weight excluding hydrogens is 432 g/mol. The summed E-state index contributed by atoms with van der Waals surface area (Å²) >= 11 is 6.00. The van der Waals surface area contributed by atoms with Crippen LogP contribution >= 0.6 is 11.6 Å². The van der Waals surface area contributed by atoms with E-state index in [1.165, 1.54) is 0 Å². The summed E-state index contributed by atoms with van der Waals surface area (Å²) in [6.07, 6.45) is 0. The minimum atomic E-state index is -1.40. The van der Waals surface area contributed by atoms with Crippen molar-refractivity contribution in [3.05, 3.63) is 58.6 Å². The van der Waals surface area contributed by atoms with E-state index < -0.39 is 41.3 Å². The van der Waals surface area contributed by atoms with Gasteiger partial charge in [0, 0.05) is 16.5 Å². The lowest BCUT2D eigenvalue weighted by atomic mass is 9.77. The highest BCUT2D eigenvalue weighted by atomic mass is 35.5. The molecule has 0 aromatic heterocycles. The molecule has 3 aliphatic rings. The van der Waals surface area contributed by atoms with Crippen molar-refractivity contribution in [1.29, 1.82) is 0 Å². The van der Waals surface area contributed by atoms with Crippen molar-refractivity contribution in [3.63, 3.8) is 0 Å². The summed E-state index contributed by atoms with van der Waals surface area (Å²) in [4.78, 5) is 43.5. The molecule has 7 nitrogen and oxygen atoms in total. The summed E-state index contributed by atoms with van der Waals surface area (Å²) in [6.45, 7) is 5.75. The molecule has 166 valence electrons. The summed E-state index contributed by atoms with van der Waals surface area (Å²) < 4.78 is 11.4. The number of carbonyl (C=O) groups excluding carboxylic acids is 3. The van der Waals surface area contributed by atoms with Gasteiger partial charge in [0.2, 0.25) is 0 Å². The van der Waals surface area contributed by atoms with Gasteiger partial charge in [-0.15, -0.1) is 0 Å². The maximum absolute atomic E-state index is 13.8. The molecule has 0 saturated carbocycles. The molecule has 3 heterocycles. The van der Waals surface area contributed by atoms with E-state index >= 15 is 0 Å². The zero-order valence-electron chi connectivity index (χ0n) is 18.0. The average molecular weight is 455 g/mol. The Hall–Kier alpha value is -3.06. The maximum atomic E-state index is 13.8. The molecule has 2 saturated heterocycles. The zero-order chi connectivity index (χ0) is 22.8. The molecule has 5 rings (SSSR count). The van der Waals surface area contributed by atoms with Crippen molar-refractivity contribution in [2.45, 2.75) is 32.4 Å². The molecule has 2 aromatic rings. The molecular formula is C24H23ClN2O5. The second-order valence-electron chi connectivity index (χ2n) is 8.61. The number of esters is 1. The van der Waals surface area contributed by atoms with Crippen molar-refractivity contribution in [2.75, 3.05) is 18.1 Å². The molecule has 0 unspecified atom stereocenters. The molecule has 3 amide bonds. The van der Waals surface area contributed by atoms with E-state index in [-0.39, 0.29) is 13.2 Å². The van der Waals surface area contributed by atoms with Gasteiger partial charge in [0.05, 0.1) is 30.9 Å². The number of anilines is 1. The highest BCUT2D eigenvalue weighted by Gasteiger charge is 2.72. The lowest BCUT2D eigenvalue weighted by molar-refractivity contribution is -0.154. The van der Waals surface area contributed by atoms with E-state index in [1.807, 2.05) is 25.1 Å². The van der Waals surface area contributed by atoms with Crippen LogP contribution in [0.1, 0.15) is 31.0 Å². The predicted molar refractivity (Wildman–Crippen MR) is 118 cm³/mol. The summed E-state index contributed by atoms with van der Waals surface area (Å²) in [5.41, 5.74) is 0.823. The number of benzene rings is 2. The zero-order valence-corrected chi connectivity index (χ0v) is 18.8. The number of fused-ring (bicyclic) bond motifs is 5. The van der Waals surface area contributed by atoms with Gasteiger partial charge in [0.15, 0.2) is 0 Å². The maximum Gasteiger partial charge on any atom is 0.332 e. The second kappa shape index (κ2) is 7.24. The van der Waals surface area contributed by atoms with Crippen LogP contribution in [0.3, 0.4) is 0 Å². The third-order valence-corrected chi connectivity index (χ3v) is 7.04. The molecule has 0 radical (unpaired) electrons. The number of amides is 3. The number of urea groups is 1. The van der Waals surface area contributed by atoms with Crippen LogP contribution in [0.25, 0.3) is 0 Å². The van der Waals surface area contributed by atoms with Gasteiger partial charge in [-0.3, -0.25) is 9.59 Å². The topological polar surface area (TPSA) is 76.2 Å². The van der Waals surface area contributed by atoms with E-state index in [4.69, 9.17) is 21.1 Å². The molecule has 32 heavy (non-hydrogen) atoms. The monoisotopic (exact) mass is 454 g/mol. The number of hydrogen-bond acceptors (Lipinski definition) is 5. The van der Waals surface area contributed by atoms with Gasteiger partial charge in [-0.2, -0.15) is 0 Å². The second-order valence-corrected chi connectivity index (χ2v) is 9.04. The molecule has 0 bridgehead atoms. The van der Waals surface area contributed by atoms with Gasteiger partial charge >= 0.3 is 12.0 Å². The first-order valence-electron chi connectivity index (χ1n) is 10.6. The molecule has 3 aliphatic heterocycles. The van der Waals surface area contributed by atoms with Crippen LogP contribution in [0.15, 0.2) is 42.5 Å². The van der Waals surface area contributed by atoms with Crippen molar-refractivity contribution in [2.24, 2.45) is 11.8 Å². The fraction of sp³-hybridized carbons (Fsp3) is 0.375. The summed E-state index contributed by atoms with van der Waals surface area (Å²) in [6, 6.07) is 11.3. The van der Waals surface area contributed by atoms with E-state index in [2.05, 4.69) is 0 Å². The number of carbonyl (C=O) groups is 3. The molecule has 0 N–H and O–H groups in total. The standard InChI is InChI=1S/C24H23ClN2O5/c1-4-31-21(28)19-17-12-32-18-10-5-13(2)11-16(18)20(17)27-23(30)26(22(29)24(19,27)3)15-8-6-14(25)7-9-15/h5-11,17,19-20H,4,12H2,1-3H3/t17-,19+,20-,24-/m1/s1. The first kappa shape index (κ1) is 20.8. The largest absolute Gasteiger partial charge is 0.493 e. The van der Waals surface area contributed by atoms with Gasteiger partial charge in [-0.05, 0) is 51.1 Å². The van der Waals surface area contributed by atoms with Crippen LogP contribution in [0.2, 0.25) is 5.02 Å². The Balaban J connectivity index is 1.69. The highest BCUT2D eigenvalue weighted by Crippen LogP contribution is 2.58. The van der Waals surface area contributed by atoms with Gasteiger partial charge in [0.1, 0.15) is 11.3 Å². The Morgan fingerprint density at radius 2 is 1.94 bits per heavy atom. The number of aryl methyl sites for hydroxylation is 1. The van der Waals surface area contributed by atoms with Crippen molar-refractivity contribution < 1.29 is 23.9 Å². The molecule has 0 spiro atoms. The lowest BCUT2D eigenvalue weighted by Gasteiger charge is -2.34. The van der Waals surface area contributed by atoms with Crippen LogP contribution in [0.5, 0.6) is 5.75 Å².